The first-order valence-electron chi connectivity index (χ1n) is 19.7. The molecule has 1 aliphatic carbocycles. The van der Waals surface area contributed by atoms with Gasteiger partial charge in [0.1, 0.15) is 0 Å². The van der Waals surface area contributed by atoms with Gasteiger partial charge in [0, 0.05) is 39.6 Å². The van der Waals surface area contributed by atoms with Gasteiger partial charge < -0.3 is 9.64 Å². The monoisotopic (exact) mass is 752 g/mol. The molecule has 0 atom stereocenters. The van der Waals surface area contributed by atoms with E-state index in [1.165, 1.54) is 16.3 Å². The van der Waals surface area contributed by atoms with Gasteiger partial charge in [-0.3, -0.25) is 4.57 Å². The minimum atomic E-state index is 0.621. The van der Waals surface area contributed by atoms with Crippen molar-refractivity contribution in [2.75, 3.05) is 4.90 Å². The first-order chi connectivity index (χ1) is 29.3. The Hall–Kier alpha value is -8.20. The quantitative estimate of drug-likeness (QED) is 0.164. The SMILES string of the molecule is C1=C=CC2=C(C=1)Oc1cc(-c3cccc4c3c3c5ccccc5ccc3n4-c3nc(-c4ccc(-c5ccccc5)cc4)c4ccccc4n3)ccc1N2c1ccccc1. The van der Waals surface area contributed by atoms with Crippen molar-refractivity contribution < 1.29 is 4.74 Å². The fraction of sp³-hybridized carbons (Fsp3) is 0. The molecule has 0 unspecified atom stereocenters. The normalized spacial score (nSPS) is 13.1. The summed E-state index contributed by atoms with van der Waals surface area (Å²) in [6, 6.07) is 64.0. The molecule has 0 fully saturated rings. The predicted molar refractivity (Wildman–Crippen MR) is 240 cm³/mol. The lowest BCUT2D eigenvalue weighted by Gasteiger charge is -2.33. The first-order valence-corrected chi connectivity index (χ1v) is 19.7. The highest BCUT2D eigenvalue weighted by molar-refractivity contribution is 6.25. The Kier molecular flexibility index (Phi) is 7.38. The summed E-state index contributed by atoms with van der Waals surface area (Å²) in [5.74, 6) is 2.12. The van der Waals surface area contributed by atoms with Gasteiger partial charge in [-0.25, -0.2) is 9.97 Å². The third-order valence-corrected chi connectivity index (χ3v) is 11.5. The third kappa shape index (κ3) is 5.28. The van der Waals surface area contributed by atoms with E-state index >= 15 is 0 Å². The van der Waals surface area contributed by atoms with Gasteiger partial charge in [0.05, 0.1) is 33.6 Å². The molecule has 2 aliphatic rings. The van der Waals surface area contributed by atoms with Crippen LogP contribution in [0.1, 0.15) is 0 Å². The van der Waals surface area contributed by atoms with Crippen LogP contribution in [-0.2, 0) is 0 Å². The smallest absolute Gasteiger partial charge is 0.235 e. The van der Waals surface area contributed by atoms with Crippen LogP contribution in [-0.4, -0.2) is 14.5 Å². The van der Waals surface area contributed by atoms with Crippen molar-refractivity contribution in [3.8, 4) is 45.2 Å². The molecule has 0 amide bonds. The van der Waals surface area contributed by atoms with Crippen LogP contribution in [0.25, 0.3) is 82.9 Å². The van der Waals surface area contributed by atoms with Gasteiger partial charge in [0.15, 0.2) is 11.5 Å². The Labute approximate surface area is 340 Å². The van der Waals surface area contributed by atoms with E-state index in [1.807, 2.05) is 30.4 Å². The van der Waals surface area contributed by atoms with Crippen LogP contribution in [0.5, 0.6) is 5.75 Å². The number of fused-ring (bicyclic) bond motifs is 7. The maximum absolute atomic E-state index is 6.65. The van der Waals surface area contributed by atoms with Crippen LogP contribution in [0.2, 0.25) is 0 Å². The molecule has 0 spiro atoms. The number of ether oxygens (including phenoxy) is 1. The molecule has 5 heteroatoms. The van der Waals surface area contributed by atoms with E-state index in [-0.39, 0.29) is 0 Å². The van der Waals surface area contributed by atoms with Gasteiger partial charge in [0.25, 0.3) is 0 Å². The van der Waals surface area contributed by atoms with Crippen LogP contribution >= 0.6 is 0 Å². The number of para-hydroxylation sites is 2. The summed E-state index contributed by atoms with van der Waals surface area (Å²) in [7, 11) is 0. The highest BCUT2D eigenvalue weighted by atomic mass is 16.5. The van der Waals surface area contributed by atoms with Gasteiger partial charge in [-0.15, -0.1) is 0 Å². The van der Waals surface area contributed by atoms with Crippen molar-refractivity contribution in [2.24, 2.45) is 0 Å². The molecule has 0 radical (unpaired) electrons. The summed E-state index contributed by atoms with van der Waals surface area (Å²) in [4.78, 5) is 13.0. The third-order valence-electron chi connectivity index (χ3n) is 11.5. The molecule has 1 aliphatic heterocycles. The number of allylic oxidation sites excluding steroid dienone is 2. The molecule has 5 nitrogen and oxygen atoms in total. The molecule has 274 valence electrons. The predicted octanol–water partition coefficient (Wildman–Crippen LogP) is 13.5. The zero-order valence-electron chi connectivity index (χ0n) is 31.7. The van der Waals surface area contributed by atoms with E-state index in [2.05, 4.69) is 185 Å². The van der Waals surface area contributed by atoms with E-state index in [0.717, 1.165) is 89.2 Å². The van der Waals surface area contributed by atoms with Gasteiger partial charge in [-0.1, -0.05) is 151 Å². The summed E-state index contributed by atoms with van der Waals surface area (Å²) in [6.45, 7) is 0. The molecular weight excluding hydrogens is 721 g/mol. The maximum atomic E-state index is 6.65. The summed E-state index contributed by atoms with van der Waals surface area (Å²) in [5, 5.41) is 5.63. The Morgan fingerprint density at radius 1 is 0.492 bits per heavy atom. The number of anilines is 2. The molecule has 0 saturated carbocycles. The van der Waals surface area contributed by atoms with Gasteiger partial charge in [-0.05, 0) is 75.5 Å². The molecule has 0 N–H and O–H groups in total. The number of hydrogen-bond acceptors (Lipinski definition) is 4. The molecule has 8 aromatic carbocycles. The maximum Gasteiger partial charge on any atom is 0.235 e. The lowest BCUT2D eigenvalue weighted by atomic mass is 9.96. The van der Waals surface area contributed by atoms with Crippen LogP contribution in [0.15, 0.2) is 217 Å². The van der Waals surface area contributed by atoms with Crippen LogP contribution in [0.3, 0.4) is 0 Å². The average Bonchev–Trinajstić information content (AvgIpc) is 3.66. The molecular formula is C54H32N4O. The molecule has 10 aromatic rings. The van der Waals surface area contributed by atoms with Crippen LogP contribution in [0, 0.1) is 0 Å². The number of aromatic nitrogens is 3. The number of nitrogens with zero attached hydrogens (tertiary/aromatic N) is 4. The van der Waals surface area contributed by atoms with Crippen molar-refractivity contribution in [3.05, 3.63) is 217 Å². The Balaban J connectivity index is 1.08. The van der Waals surface area contributed by atoms with E-state index < -0.39 is 0 Å². The molecule has 3 heterocycles. The Bertz CT molecular complexity index is 3480. The Morgan fingerprint density at radius 2 is 1.19 bits per heavy atom. The molecule has 59 heavy (non-hydrogen) atoms. The molecule has 2 aromatic heterocycles. The van der Waals surface area contributed by atoms with Gasteiger partial charge in [0.2, 0.25) is 5.95 Å². The summed E-state index contributed by atoms with van der Waals surface area (Å²) in [5.41, 5.74) is 18.5. The minimum absolute atomic E-state index is 0.621. The lowest BCUT2D eigenvalue weighted by molar-refractivity contribution is 0.431. The van der Waals surface area contributed by atoms with Crippen molar-refractivity contribution in [2.45, 2.75) is 0 Å². The zero-order chi connectivity index (χ0) is 38.9. The van der Waals surface area contributed by atoms with Crippen LogP contribution in [0.4, 0.5) is 11.4 Å². The standard InChI is InChI=1S/C54H32N4O/c1-3-14-35(15-4-1)36-26-28-38(29-27-36)53-43-20-9-10-22-44(43)55-54(56-53)58-47-24-13-21-42(52(47)51-41-19-8-7-16-37(41)30-33-48(51)58)39-31-32-46-50(34-39)59-49-25-12-11-23-45(49)57(46)40-17-5-2-6-18-40/h1-10,13-34H. The second-order valence-corrected chi connectivity index (χ2v) is 14.8. The number of benzene rings is 8. The topological polar surface area (TPSA) is 43.2 Å². The molecule has 12 rings (SSSR count). The van der Waals surface area contributed by atoms with E-state index in [0.29, 0.717) is 5.95 Å². The van der Waals surface area contributed by atoms with Crippen LogP contribution < -0.4 is 9.64 Å². The highest BCUT2D eigenvalue weighted by Crippen LogP contribution is 2.47. The fourth-order valence-electron chi connectivity index (χ4n) is 8.79. The van der Waals surface area contributed by atoms with Gasteiger partial charge >= 0.3 is 0 Å². The lowest BCUT2D eigenvalue weighted by Crippen LogP contribution is -2.23. The molecule has 0 saturated heterocycles. The highest BCUT2D eigenvalue weighted by Gasteiger charge is 2.28. The summed E-state index contributed by atoms with van der Waals surface area (Å²) < 4.78 is 8.89. The van der Waals surface area contributed by atoms with E-state index in [4.69, 9.17) is 14.7 Å². The largest absolute Gasteiger partial charge is 0.452 e. The number of rotatable bonds is 5. The van der Waals surface area contributed by atoms with Crippen molar-refractivity contribution in [1.82, 2.24) is 14.5 Å². The minimum Gasteiger partial charge on any atom is -0.452 e. The van der Waals surface area contributed by atoms with Crippen molar-refractivity contribution in [1.29, 1.82) is 0 Å². The van der Waals surface area contributed by atoms with E-state index in [9.17, 15) is 0 Å². The second kappa shape index (κ2) is 13.2. The van der Waals surface area contributed by atoms with Crippen molar-refractivity contribution in [3.63, 3.8) is 0 Å². The second-order valence-electron chi connectivity index (χ2n) is 14.8. The summed E-state index contributed by atoms with van der Waals surface area (Å²) in [6.07, 6.45) is 3.79. The fourth-order valence-corrected chi connectivity index (χ4v) is 8.79. The van der Waals surface area contributed by atoms with Gasteiger partial charge in [-0.2, -0.15) is 0 Å². The van der Waals surface area contributed by atoms with Crippen molar-refractivity contribution >= 4 is 54.9 Å². The molecule has 0 bridgehead atoms. The Morgan fingerprint density at radius 3 is 2.05 bits per heavy atom. The average molecular weight is 753 g/mol. The van der Waals surface area contributed by atoms with E-state index in [1.54, 1.807) is 0 Å². The summed E-state index contributed by atoms with van der Waals surface area (Å²) >= 11 is 0. The zero-order valence-corrected chi connectivity index (χ0v) is 31.7. The number of hydrogen-bond donors (Lipinski definition) is 0. The first kappa shape index (κ1) is 33.0.